The van der Waals surface area contributed by atoms with Crippen molar-refractivity contribution in [2.45, 2.75) is 0 Å². The Kier molecular flexibility index (Phi) is 5.70. The van der Waals surface area contributed by atoms with Gasteiger partial charge in [-0.2, -0.15) is 0 Å². The number of ether oxygens (including phenoxy) is 1. The second-order valence-corrected chi connectivity index (χ2v) is 7.37. The number of carbonyl (C=O) groups excluding carboxylic acids is 3. The van der Waals surface area contributed by atoms with Gasteiger partial charge in [-0.1, -0.05) is 12.1 Å². The van der Waals surface area contributed by atoms with Crippen LogP contribution in [0, 0.1) is 0 Å². The maximum atomic E-state index is 12.8. The molecule has 0 bridgehead atoms. The highest BCUT2D eigenvalue weighted by Crippen LogP contribution is 2.25. The zero-order chi connectivity index (χ0) is 22.8. The fourth-order valence-corrected chi connectivity index (χ4v) is 3.55. The van der Waals surface area contributed by atoms with Gasteiger partial charge in [-0.15, -0.1) is 6.58 Å². The van der Waals surface area contributed by atoms with Crippen LogP contribution in [0.25, 0.3) is 17.0 Å². The highest BCUT2D eigenvalue weighted by atomic mass is 32.1. The number of rotatable bonds is 6. The first-order chi connectivity index (χ1) is 15.4. The Morgan fingerprint density at radius 3 is 2.62 bits per heavy atom. The van der Waals surface area contributed by atoms with Crippen LogP contribution in [-0.4, -0.2) is 41.3 Å². The number of nitrogens with zero attached hydrogens (tertiary/aromatic N) is 1. The number of thiocarbonyl (C=S) groups is 1. The molecule has 0 saturated carbocycles. The summed E-state index contributed by atoms with van der Waals surface area (Å²) in [5.41, 5.74) is 1.54. The zero-order valence-electron chi connectivity index (χ0n) is 17.1. The van der Waals surface area contributed by atoms with Crippen molar-refractivity contribution >= 4 is 52.0 Å². The molecule has 1 aromatic heterocycles. The molecule has 32 heavy (non-hydrogen) atoms. The van der Waals surface area contributed by atoms with Crippen LogP contribution in [0.15, 0.2) is 71.2 Å². The van der Waals surface area contributed by atoms with Gasteiger partial charge in [0.25, 0.3) is 11.8 Å². The Bertz CT molecular complexity index is 1300. The highest BCUT2D eigenvalue weighted by Gasteiger charge is 2.32. The van der Waals surface area contributed by atoms with Gasteiger partial charge in [-0.3, -0.25) is 24.6 Å². The van der Waals surface area contributed by atoms with E-state index in [2.05, 4.69) is 11.9 Å². The van der Waals surface area contributed by atoms with Crippen molar-refractivity contribution in [3.8, 4) is 5.75 Å². The zero-order valence-corrected chi connectivity index (χ0v) is 17.9. The van der Waals surface area contributed by atoms with E-state index in [1.165, 1.54) is 17.1 Å². The molecule has 160 valence electrons. The van der Waals surface area contributed by atoms with E-state index in [-0.39, 0.29) is 28.8 Å². The van der Waals surface area contributed by atoms with Crippen LogP contribution in [0.2, 0.25) is 0 Å². The van der Waals surface area contributed by atoms with Crippen LogP contribution in [0.4, 0.5) is 0 Å². The molecule has 4 rings (SSSR count). The van der Waals surface area contributed by atoms with Crippen molar-refractivity contribution in [1.82, 2.24) is 10.2 Å². The van der Waals surface area contributed by atoms with Gasteiger partial charge < -0.3 is 9.15 Å². The molecule has 8 heteroatoms. The van der Waals surface area contributed by atoms with Crippen LogP contribution in [-0.2, 0) is 9.59 Å². The summed E-state index contributed by atoms with van der Waals surface area (Å²) in [6.07, 6.45) is 3.01. The second kappa shape index (κ2) is 8.60. The smallest absolute Gasteiger partial charge is 0.265 e. The molecule has 1 N–H and O–H groups in total. The van der Waals surface area contributed by atoms with E-state index in [0.29, 0.717) is 27.8 Å². The van der Waals surface area contributed by atoms with E-state index >= 15 is 0 Å². The minimum absolute atomic E-state index is 0.0437. The molecule has 2 aromatic carbocycles. The number of hydrogen-bond donors (Lipinski definition) is 1. The molecule has 7 nitrogen and oxygen atoms in total. The van der Waals surface area contributed by atoms with Crippen LogP contribution in [0.5, 0.6) is 5.75 Å². The standard InChI is InChI=1S/C24H18N2O5S/c1-3-10-26-23(29)18(22(28)25-24(26)32)12-14-4-9-19-16(11-14)13-20(31-19)21(27)15-5-7-17(30-2)8-6-15/h3-9,11-13H,1,10H2,2H3,(H,25,28,32)/b18-12-. The van der Waals surface area contributed by atoms with E-state index in [1.807, 2.05) is 0 Å². The lowest BCUT2D eigenvalue weighted by atomic mass is 10.1. The summed E-state index contributed by atoms with van der Waals surface area (Å²) in [5, 5.41) is 3.22. The number of nitrogens with one attached hydrogen (secondary N) is 1. The van der Waals surface area contributed by atoms with Gasteiger partial charge in [0.1, 0.15) is 16.9 Å². The Balaban J connectivity index is 1.64. The molecule has 1 saturated heterocycles. The van der Waals surface area contributed by atoms with Crippen molar-refractivity contribution < 1.29 is 23.5 Å². The highest BCUT2D eigenvalue weighted by molar-refractivity contribution is 7.80. The summed E-state index contributed by atoms with van der Waals surface area (Å²) in [6, 6.07) is 13.5. The van der Waals surface area contributed by atoms with E-state index < -0.39 is 11.8 Å². The van der Waals surface area contributed by atoms with Gasteiger partial charge in [-0.05, 0) is 66.3 Å². The first-order valence-electron chi connectivity index (χ1n) is 9.63. The van der Waals surface area contributed by atoms with Crippen LogP contribution in [0.3, 0.4) is 0 Å². The number of benzene rings is 2. The van der Waals surface area contributed by atoms with Crippen molar-refractivity contribution in [2.24, 2.45) is 0 Å². The van der Waals surface area contributed by atoms with E-state index in [0.717, 1.165) is 0 Å². The lowest BCUT2D eigenvalue weighted by molar-refractivity contribution is -0.128. The number of fused-ring (bicyclic) bond motifs is 1. The second-order valence-electron chi connectivity index (χ2n) is 6.99. The van der Waals surface area contributed by atoms with E-state index in [4.69, 9.17) is 21.4 Å². The molecule has 1 fully saturated rings. The molecule has 2 amide bonds. The number of ketones is 1. The monoisotopic (exact) mass is 446 g/mol. The quantitative estimate of drug-likeness (QED) is 0.205. The van der Waals surface area contributed by atoms with Crippen molar-refractivity contribution in [3.63, 3.8) is 0 Å². The van der Waals surface area contributed by atoms with E-state index in [1.54, 1.807) is 55.6 Å². The molecule has 3 aromatic rings. The molecule has 0 unspecified atom stereocenters. The SMILES string of the molecule is C=CCN1C(=O)/C(=C\c2ccc3oc(C(=O)c4ccc(OC)cc4)cc3c2)C(=O)NC1=S. The maximum Gasteiger partial charge on any atom is 0.265 e. The number of methoxy groups -OCH3 is 1. The third kappa shape index (κ3) is 3.95. The third-order valence-corrected chi connectivity index (χ3v) is 5.25. The normalized spacial score (nSPS) is 15.2. The molecule has 2 heterocycles. The molecular weight excluding hydrogens is 428 g/mol. The third-order valence-electron chi connectivity index (χ3n) is 4.92. The number of carbonyl (C=O) groups is 3. The summed E-state index contributed by atoms with van der Waals surface area (Å²) in [7, 11) is 1.55. The van der Waals surface area contributed by atoms with Gasteiger partial charge in [-0.25, -0.2) is 0 Å². The predicted octanol–water partition coefficient (Wildman–Crippen LogP) is 3.49. The summed E-state index contributed by atoms with van der Waals surface area (Å²) < 4.78 is 10.8. The Morgan fingerprint density at radius 1 is 1.19 bits per heavy atom. The van der Waals surface area contributed by atoms with Crippen molar-refractivity contribution in [2.75, 3.05) is 13.7 Å². The Hall–Kier alpha value is -4.04. The van der Waals surface area contributed by atoms with E-state index in [9.17, 15) is 14.4 Å². The molecule has 0 radical (unpaired) electrons. The van der Waals surface area contributed by atoms with Gasteiger partial charge in [0, 0.05) is 17.5 Å². The van der Waals surface area contributed by atoms with Crippen molar-refractivity contribution in [1.29, 1.82) is 0 Å². The van der Waals surface area contributed by atoms with Crippen LogP contribution < -0.4 is 10.1 Å². The van der Waals surface area contributed by atoms with Crippen LogP contribution in [0.1, 0.15) is 21.7 Å². The fourth-order valence-electron chi connectivity index (χ4n) is 3.30. The minimum Gasteiger partial charge on any atom is -0.497 e. The molecule has 1 aliphatic heterocycles. The first-order valence-corrected chi connectivity index (χ1v) is 10.0. The number of amides is 2. The average molecular weight is 446 g/mol. The molecule has 0 atom stereocenters. The first kappa shape index (κ1) is 21.2. The molecule has 0 spiro atoms. The maximum absolute atomic E-state index is 12.8. The largest absolute Gasteiger partial charge is 0.497 e. The summed E-state index contributed by atoms with van der Waals surface area (Å²) in [5.74, 6) is -0.495. The van der Waals surface area contributed by atoms with Gasteiger partial charge in [0.15, 0.2) is 10.9 Å². The summed E-state index contributed by atoms with van der Waals surface area (Å²) >= 11 is 5.06. The van der Waals surface area contributed by atoms with Crippen molar-refractivity contribution in [3.05, 3.63) is 83.6 Å². The molecule has 0 aliphatic carbocycles. The fraction of sp³-hybridized carbons (Fsp3) is 0.0833. The Labute approximate surface area is 188 Å². The molecule has 1 aliphatic rings. The van der Waals surface area contributed by atoms with Gasteiger partial charge in [0.2, 0.25) is 5.78 Å². The Morgan fingerprint density at radius 2 is 1.94 bits per heavy atom. The lowest BCUT2D eigenvalue weighted by Crippen LogP contribution is -2.53. The summed E-state index contributed by atoms with van der Waals surface area (Å²) in [4.78, 5) is 39.0. The number of furan rings is 1. The molecular formula is C24H18N2O5S. The van der Waals surface area contributed by atoms with Gasteiger partial charge in [0.05, 0.1) is 7.11 Å². The summed E-state index contributed by atoms with van der Waals surface area (Å²) in [6.45, 7) is 3.79. The predicted molar refractivity (Wildman–Crippen MR) is 123 cm³/mol. The average Bonchev–Trinajstić information content (AvgIpc) is 3.22. The van der Waals surface area contributed by atoms with Gasteiger partial charge >= 0.3 is 0 Å². The number of hydrogen-bond acceptors (Lipinski definition) is 6. The lowest BCUT2D eigenvalue weighted by Gasteiger charge is -2.27. The minimum atomic E-state index is -0.567. The van der Waals surface area contributed by atoms with Crippen LogP contribution >= 0.6 is 12.2 Å². The topological polar surface area (TPSA) is 88.8 Å².